The number of amides is 1. The third kappa shape index (κ3) is 3.44. The summed E-state index contributed by atoms with van der Waals surface area (Å²) in [4.78, 5) is 24.7. The SMILES string of the molecule is C[C@@H](Oc1ccc(F)cc1Cl)C(=O)N1CCC[C@H]1C(=O)O. The molecule has 0 saturated carbocycles. The summed E-state index contributed by atoms with van der Waals surface area (Å²) in [6.45, 7) is 1.90. The van der Waals surface area contributed by atoms with Crippen LogP contribution in [0, 0.1) is 5.82 Å². The number of nitrogens with zero attached hydrogens (tertiary/aromatic N) is 1. The summed E-state index contributed by atoms with van der Waals surface area (Å²) >= 11 is 5.83. The van der Waals surface area contributed by atoms with Gasteiger partial charge in [-0.2, -0.15) is 0 Å². The number of hydrogen-bond donors (Lipinski definition) is 1. The van der Waals surface area contributed by atoms with Gasteiger partial charge in [0.05, 0.1) is 5.02 Å². The van der Waals surface area contributed by atoms with Crippen molar-refractivity contribution in [3.63, 3.8) is 0 Å². The topological polar surface area (TPSA) is 66.8 Å². The van der Waals surface area contributed by atoms with Gasteiger partial charge in [0.2, 0.25) is 0 Å². The van der Waals surface area contributed by atoms with Gasteiger partial charge in [-0.05, 0) is 38.0 Å². The quantitative estimate of drug-likeness (QED) is 0.926. The molecule has 0 bridgehead atoms. The highest BCUT2D eigenvalue weighted by molar-refractivity contribution is 6.32. The molecule has 0 aromatic heterocycles. The van der Waals surface area contributed by atoms with E-state index in [1.165, 1.54) is 24.0 Å². The Morgan fingerprint density at radius 1 is 1.52 bits per heavy atom. The second-order valence-electron chi connectivity index (χ2n) is 4.86. The lowest BCUT2D eigenvalue weighted by Crippen LogP contribution is -2.46. The van der Waals surface area contributed by atoms with Gasteiger partial charge in [0.1, 0.15) is 17.6 Å². The van der Waals surface area contributed by atoms with E-state index < -0.39 is 29.8 Å². The Bertz CT molecular complexity index is 566. The van der Waals surface area contributed by atoms with Crippen LogP contribution in [0.15, 0.2) is 18.2 Å². The number of benzene rings is 1. The highest BCUT2D eigenvalue weighted by atomic mass is 35.5. The summed E-state index contributed by atoms with van der Waals surface area (Å²) in [6, 6.07) is 2.78. The minimum atomic E-state index is -1.02. The molecule has 1 amide bonds. The molecule has 0 unspecified atom stereocenters. The summed E-state index contributed by atoms with van der Waals surface area (Å²) in [5.41, 5.74) is 0. The first-order valence-electron chi connectivity index (χ1n) is 6.55. The minimum Gasteiger partial charge on any atom is -0.480 e. The molecule has 7 heteroatoms. The highest BCUT2D eigenvalue weighted by Crippen LogP contribution is 2.27. The van der Waals surface area contributed by atoms with Crippen molar-refractivity contribution in [1.29, 1.82) is 0 Å². The average Bonchev–Trinajstić information content (AvgIpc) is 2.90. The normalized spacial score (nSPS) is 19.4. The van der Waals surface area contributed by atoms with Gasteiger partial charge in [-0.25, -0.2) is 9.18 Å². The molecule has 21 heavy (non-hydrogen) atoms. The fourth-order valence-electron chi connectivity index (χ4n) is 2.33. The van der Waals surface area contributed by atoms with Crippen molar-refractivity contribution >= 4 is 23.5 Å². The molecule has 0 radical (unpaired) electrons. The molecule has 1 aliphatic rings. The number of carboxylic acids is 1. The van der Waals surface area contributed by atoms with Crippen LogP contribution < -0.4 is 4.74 Å². The standard InChI is InChI=1S/C14H15ClFNO4/c1-8(21-12-5-4-9(16)7-10(12)15)13(18)17-6-2-3-11(17)14(19)20/h4-5,7-8,11H,2-3,6H2,1H3,(H,19,20)/t8-,11+/m1/s1. The number of carbonyl (C=O) groups is 2. The summed E-state index contributed by atoms with van der Waals surface area (Å²) in [6.07, 6.45) is 0.186. The number of carboxylic acid groups (broad SMARTS) is 1. The lowest BCUT2D eigenvalue weighted by atomic mass is 10.2. The van der Waals surface area contributed by atoms with E-state index in [1.807, 2.05) is 0 Å². The van der Waals surface area contributed by atoms with Gasteiger partial charge in [0.15, 0.2) is 6.10 Å². The molecule has 1 fully saturated rings. The van der Waals surface area contributed by atoms with Crippen LogP contribution in [0.3, 0.4) is 0 Å². The molecular weight excluding hydrogens is 301 g/mol. The van der Waals surface area contributed by atoms with Gasteiger partial charge in [-0.15, -0.1) is 0 Å². The fourth-order valence-corrected chi connectivity index (χ4v) is 2.54. The van der Waals surface area contributed by atoms with Gasteiger partial charge in [0.25, 0.3) is 5.91 Å². The van der Waals surface area contributed by atoms with Gasteiger partial charge in [-0.3, -0.25) is 4.79 Å². The van der Waals surface area contributed by atoms with Gasteiger partial charge < -0.3 is 14.7 Å². The summed E-state index contributed by atoms with van der Waals surface area (Å²) in [5, 5.41) is 9.14. The number of aliphatic carboxylic acids is 1. The fraction of sp³-hybridized carbons (Fsp3) is 0.429. The van der Waals surface area contributed by atoms with Crippen LogP contribution in [0.2, 0.25) is 5.02 Å². The zero-order chi connectivity index (χ0) is 15.6. The van der Waals surface area contributed by atoms with E-state index in [4.69, 9.17) is 21.4 Å². The molecule has 114 valence electrons. The average molecular weight is 316 g/mol. The molecule has 0 aliphatic carbocycles. The molecule has 1 heterocycles. The van der Waals surface area contributed by atoms with E-state index in [9.17, 15) is 14.0 Å². The van der Waals surface area contributed by atoms with Crippen molar-refractivity contribution in [1.82, 2.24) is 4.90 Å². The Kier molecular flexibility index (Phi) is 4.67. The van der Waals surface area contributed by atoms with Gasteiger partial charge >= 0.3 is 5.97 Å². The predicted octanol–water partition coefficient (Wildman–Crippen LogP) is 2.32. The van der Waals surface area contributed by atoms with Gasteiger partial charge in [0, 0.05) is 6.54 Å². The number of halogens is 2. The maximum atomic E-state index is 12.9. The summed E-state index contributed by atoms with van der Waals surface area (Å²) in [5.74, 6) is -1.75. The predicted molar refractivity (Wildman–Crippen MR) is 73.9 cm³/mol. The Hall–Kier alpha value is -1.82. The highest BCUT2D eigenvalue weighted by Gasteiger charge is 2.36. The van der Waals surface area contributed by atoms with E-state index in [1.54, 1.807) is 0 Å². The maximum Gasteiger partial charge on any atom is 0.326 e. The minimum absolute atomic E-state index is 0.0610. The molecule has 5 nitrogen and oxygen atoms in total. The van der Waals surface area contributed by atoms with Crippen LogP contribution in [0.5, 0.6) is 5.75 Å². The number of carbonyl (C=O) groups excluding carboxylic acids is 1. The third-order valence-electron chi connectivity index (χ3n) is 3.37. The first-order chi connectivity index (χ1) is 9.90. The van der Waals surface area contributed by atoms with Crippen LogP contribution in [-0.4, -0.2) is 40.6 Å². The van der Waals surface area contributed by atoms with E-state index in [-0.39, 0.29) is 10.8 Å². The van der Waals surface area contributed by atoms with Crippen molar-refractivity contribution in [2.24, 2.45) is 0 Å². The zero-order valence-electron chi connectivity index (χ0n) is 11.4. The van der Waals surface area contributed by atoms with Crippen LogP contribution in [0.25, 0.3) is 0 Å². The van der Waals surface area contributed by atoms with E-state index >= 15 is 0 Å². The summed E-state index contributed by atoms with van der Waals surface area (Å²) < 4.78 is 18.4. The second-order valence-corrected chi connectivity index (χ2v) is 5.27. The summed E-state index contributed by atoms with van der Waals surface area (Å²) in [7, 11) is 0. The van der Waals surface area contributed by atoms with Crippen LogP contribution in [-0.2, 0) is 9.59 Å². The molecule has 0 spiro atoms. The Morgan fingerprint density at radius 3 is 2.86 bits per heavy atom. The van der Waals surface area contributed by atoms with Crippen molar-refractivity contribution in [2.75, 3.05) is 6.54 Å². The molecule has 2 atom stereocenters. The number of rotatable bonds is 4. The first kappa shape index (κ1) is 15.6. The van der Waals surface area contributed by atoms with E-state index in [2.05, 4.69) is 0 Å². The first-order valence-corrected chi connectivity index (χ1v) is 6.93. The Morgan fingerprint density at radius 2 is 2.24 bits per heavy atom. The molecule has 1 aromatic carbocycles. The number of ether oxygens (including phenoxy) is 1. The van der Waals surface area contributed by atoms with Crippen molar-refractivity contribution in [3.05, 3.63) is 29.0 Å². The molecule has 1 aliphatic heterocycles. The van der Waals surface area contributed by atoms with Crippen molar-refractivity contribution in [3.8, 4) is 5.75 Å². The van der Waals surface area contributed by atoms with Gasteiger partial charge in [-0.1, -0.05) is 11.6 Å². The molecule has 1 aromatic rings. The second kappa shape index (κ2) is 6.30. The van der Waals surface area contributed by atoms with E-state index in [0.29, 0.717) is 19.4 Å². The van der Waals surface area contributed by atoms with Crippen LogP contribution in [0.4, 0.5) is 4.39 Å². The molecule has 1 saturated heterocycles. The largest absolute Gasteiger partial charge is 0.480 e. The maximum absolute atomic E-state index is 12.9. The molecular formula is C14H15ClFNO4. The van der Waals surface area contributed by atoms with Crippen molar-refractivity contribution < 1.29 is 23.8 Å². The number of hydrogen-bond acceptors (Lipinski definition) is 3. The number of likely N-dealkylation sites (tertiary alicyclic amines) is 1. The van der Waals surface area contributed by atoms with Crippen molar-refractivity contribution in [2.45, 2.75) is 31.9 Å². The molecule has 2 rings (SSSR count). The van der Waals surface area contributed by atoms with E-state index in [0.717, 1.165) is 6.07 Å². The van der Waals surface area contributed by atoms with Crippen LogP contribution >= 0.6 is 11.6 Å². The van der Waals surface area contributed by atoms with Crippen LogP contribution in [0.1, 0.15) is 19.8 Å². The zero-order valence-corrected chi connectivity index (χ0v) is 12.1. The third-order valence-corrected chi connectivity index (χ3v) is 3.66. The smallest absolute Gasteiger partial charge is 0.326 e. The lowest BCUT2D eigenvalue weighted by Gasteiger charge is -2.25. The molecule has 1 N–H and O–H groups in total. The Labute approximate surface area is 126 Å². The lowest BCUT2D eigenvalue weighted by molar-refractivity contribution is -0.150. The Balaban J connectivity index is 2.07. The monoisotopic (exact) mass is 315 g/mol.